The number of thioether (sulfide) groups is 1. The lowest BCUT2D eigenvalue weighted by atomic mass is 10.1. The smallest absolute Gasteiger partial charge is 0.171 e. The van der Waals surface area contributed by atoms with Crippen LogP contribution in [0.5, 0.6) is 0 Å². The lowest BCUT2D eigenvalue weighted by Crippen LogP contribution is -2.48. The van der Waals surface area contributed by atoms with Crippen LogP contribution in [0.1, 0.15) is 12.5 Å². The number of benzene rings is 1. The van der Waals surface area contributed by atoms with Gasteiger partial charge < -0.3 is 10.6 Å². The van der Waals surface area contributed by atoms with Gasteiger partial charge in [0.25, 0.3) is 0 Å². The van der Waals surface area contributed by atoms with Crippen molar-refractivity contribution in [2.24, 2.45) is 5.73 Å². The van der Waals surface area contributed by atoms with Crippen molar-refractivity contribution in [2.45, 2.75) is 18.7 Å². The van der Waals surface area contributed by atoms with E-state index in [0.29, 0.717) is 12.3 Å². The minimum atomic E-state index is -3.08. The zero-order valence-corrected chi connectivity index (χ0v) is 15.3. The first-order chi connectivity index (χ1) is 9.99. The second kappa shape index (κ2) is 7.35. The SMILES string of the molecule is CCS(=O)(=O)C1CSCCN1c1ccc(CCN)c(Br)c1. The lowest BCUT2D eigenvalue weighted by molar-refractivity contribution is 0.579. The molecule has 21 heavy (non-hydrogen) atoms. The van der Waals surface area contributed by atoms with E-state index in [4.69, 9.17) is 5.73 Å². The second-order valence-electron chi connectivity index (χ2n) is 4.99. The number of rotatable bonds is 5. The van der Waals surface area contributed by atoms with Crippen molar-refractivity contribution in [3.63, 3.8) is 0 Å². The maximum atomic E-state index is 12.3. The molecule has 1 aromatic carbocycles. The van der Waals surface area contributed by atoms with Crippen molar-refractivity contribution >= 4 is 43.2 Å². The van der Waals surface area contributed by atoms with Gasteiger partial charge in [-0.1, -0.05) is 28.9 Å². The van der Waals surface area contributed by atoms with Gasteiger partial charge >= 0.3 is 0 Å². The monoisotopic (exact) mass is 392 g/mol. The largest absolute Gasteiger partial charge is 0.353 e. The molecule has 4 nitrogen and oxygen atoms in total. The topological polar surface area (TPSA) is 63.4 Å². The summed E-state index contributed by atoms with van der Waals surface area (Å²) in [7, 11) is -3.08. The van der Waals surface area contributed by atoms with Crippen LogP contribution in [0.2, 0.25) is 0 Å². The molecule has 1 fully saturated rings. The molecule has 1 aliphatic heterocycles. The Kier molecular flexibility index (Phi) is 5.99. The van der Waals surface area contributed by atoms with Crippen LogP contribution < -0.4 is 10.6 Å². The number of nitrogens with two attached hydrogens (primary N) is 1. The average molecular weight is 393 g/mol. The molecule has 1 saturated heterocycles. The Hall–Kier alpha value is -0.240. The van der Waals surface area contributed by atoms with Crippen LogP contribution in [-0.4, -0.2) is 44.1 Å². The van der Waals surface area contributed by atoms with E-state index < -0.39 is 15.2 Å². The normalized spacial score (nSPS) is 19.8. The van der Waals surface area contributed by atoms with Gasteiger partial charge in [-0.3, -0.25) is 0 Å². The Morgan fingerprint density at radius 1 is 1.48 bits per heavy atom. The number of nitrogens with zero attached hydrogens (tertiary/aromatic N) is 1. The summed E-state index contributed by atoms with van der Waals surface area (Å²) in [6.07, 6.45) is 0.813. The quantitative estimate of drug-likeness (QED) is 0.832. The third kappa shape index (κ3) is 3.94. The Morgan fingerprint density at radius 3 is 2.86 bits per heavy atom. The molecule has 1 atom stereocenters. The van der Waals surface area contributed by atoms with Crippen molar-refractivity contribution in [3.05, 3.63) is 28.2 Å². The number of halogens is 1. The summed E-state index contributed by atoms with van der Waals surface area (Å²) in [5.74, 6) is 1.78. The van der Waals surface area contributed by atoms with Gasteiger partial charge in [0.05, 0.1) is 0 Å². The molecule has 2 rings (SSSR count). The Balaban J connectivity index is 2.32. The molecule has 0 spiro atoms. The zero-order chi connectivity index (χ0) is 15.5. The minimum absolute atomic E-state index is 0.182. The molecule has 0 saturated carbocycles. The van der Waals surface area contributed by atoms with Crippen LogP contribution in [0.3, 0.4) is 0 Å². The third-order valence-corrected chi connectivity index (χ3v) is 7.71. The Labute approximate surface area is 139 Å². The fourth-order valence-corrected chi connectivity index (χ4v) is 6.00. The molecule has 1 heterocycles. The highest BCUT2D eigenvalue weighted by Crippen LogP contribution is 2.30. The van der Waals surface area contributed by atoms with Crippen molar-refractivity contribution in [2.75, 3.05) is 35.2 Å². The average Bonchev–Trinajstić information content (AvgIpc) is 2.49. The molecule has 118 valence electrons. The highest BCUT2D eigenvalue weighted by Gasteiger charge is 2.33. The molecule has 0 radical (unpaired) electrons. The molecule has 2 N–H and O–H groups in total. The summed E-state index contributed by atoms with van der Waals surface area (Å²) in [5, 5.41) is -0.423. The maximum Gasteiger partial charge on any atom is 0.171 e. The summed E-state index contributed by atoms with van der Waals surface area (Å²) in [6.45, 7) is 3.08. The minimum Gasteiger partial charge on any atom is -0.353 e. The first-order valence-corrected chi connectivity index (χ1v) is 10.7. The van der Waals surface area contributed by atoms with E-state index in [2.05, 4.69) is 15.9 Å². The van der Waals surface area contributed by atoms with Gasteiger partial charge in [0.1, 0.15) is 5.37 Å². The molecule has 7 heteroatoms. The Morgan fingerprint density at radius 2 is 2.24 bits per heavy atom. The molecule has 1 aromatic rings. The van der Waals surface area contributed by atoms with Gasteiger partial charge in [0.2, 0.25) is 0 Å². The van der Waals surface area contributed by atoms with Gasteiger partial charge in [-0.05, 0) is 30.7 Å². The summed E-state index contributed by atoms with van der Waals surface area (Å²) in [5.41, 5.74) is 7.71. The highest BCUT2D eigenvalue weighted by molar-refractivity contribution is 9.10. The van der Waals surface area contributed by atoms with E-state index in [1.807, 2.05) is 23.1 Å². The molecule has 1 aliphatic rings. The maximum absolute atomic E-state index is 12.3. The summed E-state index contributed by atoms with van der Waals surface area (Å²) >= 11 is 5.28. The number of anilines is 1. The van der Waals surface area contributed by atoms with Crippen LogP contribution in [0.15, 0.2) is 22.7 Å². The van der Waals surface area contributed by atoms with E-state index in [9.17, 15) is 8.42 Å². The van der Waals surface area contributed by atoms with Crippen LogP contribution in [-0.2, 0) is 16.3 Å². The standard InChI is InChI=1S/C14H21BrN2O2S2/c1-2-21(18,19)14-10-20-8-7-17(14)12-4-3-11(5-6-16)13(15)9-12/h3-4,9,14H,2,5-8,10,16H2,1H3. The predicted octanol–water partition coefficient (Wildman–Crippen LogP) is 2.26. The van der Waals surface area contributed by atoms with Crippen LogP contribution in [0.25, 0.3) is 0 Å². The number of hydrogen-bond donors (Lipinski definition) is 1. The van der Waals surface area contributed by atoms with Gasteiger partial charge in [0.15, 0.2) is 9.84 Å². The third-order valence-electron chi connectivity index (χ3n) is 3.68. The van der Waals surface area contributed by atoms with Crippen molar-refractivity contribution in [1.29, 1.82) is 0 Å². The fraction of sp³-hybridized carbons (Fsp3) is 0.571. The first kappa shape index (κ1) is 17.1. The van der Waals surface area contributed by atoms with E-state index in [1.165, 1.54) is 0 Å². The van der Waals surface area contributed by atoms with Crippen molar-refractivity contribution < 1.29 is 8.42 Å². The molecule has 0 bridgehead atoms. The van der Waals surface area contributed by atoms with E-state index in [0.717, 1.165) is 34.4 Å². The number of hydrogen-bond acceptors (Lipinski definition) is 5. The van der Waals surface area contributed by atoms with Gasteiger partial charge in [-0.2, -0.15) is 11.8 Å². The molecular weight excluding hydrogens is 372 g/mol. The van der Waals surface area contributed by atoms with E-state index >= 15 is 0 Å². The molecule has 0 aliphatic carbocycles. The van der Waals surface area contributed by atoms with Gasteiger partial charge in [-0.25, -0.2) is 8.42 Å². The van der Waals surface area contributed by atoms with Crippen LogP contribution in [0, 0.1) is 0 Å². The van der Waals surface area contributed by atoms with E-state index in [1.54, 1.807) is 18.7 Å². The van der Waals surface area contributed by atoms with Crippen LogP contribution >= 0.6 is 27.7 Å². The van der Waals surface area contributed by atoms with Crippen molar-refractivity contribution in [1.82, 2.24) is 0 Å². The first-order valence-electron chi connectivity index (χ1n) is 7.04. The molecule has 0 aromatic heterocycles. The fourth-order valence-electron chi connectivity index (χ4n) is 2.44. The predicted molar refractivity (Wildman–Crippen MR) is 94.8 cm³/mol. The summed E-state index contributed by atoms with van der Waals surface area (Å²) < 4.78 is 25.6. The summed E-state index contributed by atoms with van der Waals surface area (Å²) in [6, 6.07) is 6.05. The van der Waals surface area contributed by atoms with Crippen molar-refractivity contribution in [3.8, 4) is 0 Å². The highest BCUT2D eigenvalue weighted by atomic mass is 79.9. The second-order valence-corrected chi connectivity index (χ2v) is 9.44. The summed E-state index contributed by atoms with van der Waals surface area (Å²) in [4.78, 5) is 2.02. The lowest BCUT2D eigenvalue weighted by Gasteiger charge is -2.36. The zero-order valence-electron chi connectivity index (χ0n) is 12.1. The molecular formula is C14H21BrN2O2S2. The van der Waals surface area contributed by atoms with E-state index in [-0.39, 0.29) is 5.75 Å². The number of sulfone groups is 1. The molecule has 0 amide bonds. The molecule has 1 unspecified atom stereocenters. The van der Waals surface area contributed by atoms with Gasteiger partial charge in [0, 0.05) is 34.0 Å². The Bertz CT molecular complexity index is 593. The van der Waals surface area contributed by atoms with Gasteiger partial charge in [-0.15, -0.1) is 0 Å². The van der Waals surface area contributed by atoms with Crippen LogP contribution in [0.4, 0.5) is 5.69 Å².